The van der Waals surface area contributed by atoms with Crippen LogP contribution in [0.5, 0.6) is 0 Å². The normalized spacial score (nSPS) is 14.7. The van der Waals surface area contributed by atoms with Crippen LogP contribution in [-0.4, -0.2) is 32.0 Å². The lowest BCUT2D eigenvalue weighted by Gasteiger charge is -2.20. The van der Waals surface area contributed by atoms with Gasteiger partial charge < -0.3 is 5.32 Å². The molecule has 0 saturated carbocycles. The monoisotopic (exact) mass is 465 g/mol. The van der Waals surface area contributed by atoms with E-state index in [0.29, 0.717) is 17.7 Å². The number of benzene rings is 2. The number of aromatic nitrogens is 3. The Balaban J connectivity index is 1.49. The Bertz CT molecular complexity index is 1160. The summed E-state index contributed by atoms with van der Waals surface area (Å²) >= 11 is 0. The molecule has 9 heteroatoms. The highest BCUT2D eigenvalue weighted by atomic mass is 19.1. The van der Waals surface area contributed by atoms with E-state index in [9.17, 15) is 14.0 Å². The van der Waals surface area contributed by atoms with Gasteiger partial charge in [-0.2, -0.15) is 0 Å². The third-order valence-electron chi connectivity index (χ3n) is 6.23. The van der Waals surface area contributed by atoms with Gasteiger partial charge in [-0.1, -0.05) is 23.4 Å². The molecule has 3 aromatic rings. The third kappa shape index (κ3) is 5.66. The van der Waals surface area contributed by atoms with Gasteiger partial charge >= 0.3 is 0 Å². The van der Waals surface area contributed by atoms with E-state index in [1.165, 1.54) is 48.2 Å². The Hall–Kier alpha value is -3.59. The Morgan fingerprint density at radius 2 is 1.85 bits per heavy atom. The van der Waals surface area contributed by atoms with Crippen LogP contribution >= 0.6 is 0 Å². The lowest BCUT2D eigenvalue weighted by atomic mass is 9.89. The molecule has 1 aromatic heterocycles. The molecule has 2 aromatic carbocycles. The molecule has 1 heterocycles. The molecule has 3 N–H and O–H groups in total. The summed E-state index contributed by atoms with van der Waals surface area (Å²) in [4.78, 5) is 24.4. The van der Waals surface area contributed by atoms with Gasteiger partial charge in [-0.15, -0.1) is 5.10 Å². The largest absolute Gasteiger partial charge is 0.344 e. The maximum absolute atomic E-state index is 13.1. The first-order valence-corrected chi connectivity index (χ1v) is 11.4. The van der Waals surface area contributed by atoms with Gasteiger partial charge in [-0.3, -0.25) is 14.8 Å². The summed E-state index contributed by atoms with van der Waals surface area (Å²) in [5.41, 5.74) is 6.38. The second-order valence-corrected chi connectivity index (χ2v) is 8.73. The van der Waals surface area contributed by atoms with Crippen molar-refractivity contribution in [3.05, 3.63) is 82.4 Å². The molecule has 2 unspecified atom stereocenters. The first kappa shape index (κ1) is 23.6. The molecule has 1 aliphatic rings. The number of halogens is 1. The summed E-state index contributed by atoms with van der Waals surface area (Å²) in [5.74, 6) is -1.28. The van der Waals surface area contributed by atoms with E-state index >= 15 is 0 Å². The molecule has 8 nitrogen and oxygen atoms in total. The Labute approximate surface area is 197 Å². The Morgan fingerprint density at radius 3 is 2.59 bits per heavy atom. The van der Waals surface area contributed by atoms with E-state index in [1.807, 2.05) is 0 Å². The van der Waals surface area contributed by atoms with Crippen LogP contribution in [0.4, 0.5) is 4.39 Å². The van der Waals surface area contributed by atoms with Crippen molar-refractivity contribution in [2.75, 3.05) is 0 Å². The van der Waals surface area contributed by atoms with Crippen LogP contribution in [0, 0.1) is 5.82 Å². The Morgan fingerprint density at radius 1 is 1.12 bits per heavy atom. The minimum Gasteiger partial charge on any atom is -0.344 e. The molecule has 0 fully saturated rings. The van der Waals surface area contributed by atoms with Crippen molar-refractivity contribution in [1.82, 2.24) is 25.8 Å². The number of hydroxylamine groups is 1. The number of nitrogens with zero attached hydrogens (tertiary/aromatic N) is 3. The quantitative estimate of drug-likeness (QED) is 0.349. The SMILES string of the molecule is CC(NC(=O)c1ccc(F)cc1)c1cn(C(CC(=O)NO)Cc2ccc3c(c2)CCCC3)nn1. The van der Waals surface area contributed by atoms with E-state index in [4.69, 9.17) is 5.21 Å². The molecule has 178 valence electrons. The second kappa shape index (κ2) is 10.6. The van der Waals surface area contributed by atoms with Crippen LogP contribution in [0.25, 0.3) is 0 Å². The van der Waals surface area contributed by atoms with Crippen LogP contribution in [-0.2, 0) is 24.1 Å². The van der Waals surface area contributed by atoms with Crippen LogP contribution < -0.4 is 10.8 Å². The number of aryl methyl sites for hydroxylation is 2. The number of carbonyl (C=O) groups is 2. The number of hydrogen-bond donors (Lipinski definition) is 3. The van der Waals surface area contributed by atoms with E-state index in [0.717, 1.165) is 18.4 Å². The van der Waals surface area contributed by atoms with Gasteiger partial charge in [0.1, 0.15) is 11.5 Å². The minimum atomic E-state index is -0.516. The average Bonchev–Trinajstić information content (AvgIpc) is 3.34. The molecule has 34 heavy (non-hydrogen) atoms. The number of nitrogens with one attached hydrogen (secondary N) is 2. The van der Waals surface area contributed by atoms with Crippen molar-refractivity contribution in [1.29, 1.82) is 0 Å². The summed E-state index contributed by atoms with van der Waals surface area (Å²) in [6.07, 6.45) is 6.81. The molecule has 2 atom stereocenters. The number of carbonyl (C=O) groups excluding carboxylic acids is 2. The van der Waals surface area contributed by atoms with Gasteiger partial charge in [0.05, 0.1) is 24.7 Å². The predicted octanol–water partition coefficient (Wildman–Crippen LogP) is 3.47. The average molecular weight is 466 g/mol. The topological polar surface area (TPSA) is 109 Å². The van der Waals surface area contributed by atoms with Crippen molar-refractivity contribution >= 4 is 11.8 Å². The van der Waals surface area contributed by atoms with Gasteiger partial charge in [0.25, 0.3) is 5.91 Å². The lowest BCUT2D eigenvalue weighted by Crippen LogP contribution is -2.27. The van der Waals surface area contributed by atoms with E-state index in [2.05, 4.69) is 33.8 Å². The van der Waals surface area contributed by atoms with Crippen LogP contribution in [0.15, 0.2) is 48.7 Å². The summed E-state index contributed by atoms with van der Waals surface area (Å²) in [6, 6.07) is 10.9. The fourth-order valence-electron chi connectivity index (χ4n) is 4.33. The van der Waals surface area contributed by atoms with E-state index in [1.54, 1.807) is 23.3 Å². The van der Waals surface area contributed by atoms with Crippen molar-refractivity contribution in [2.24, 2.45) is 0 Å². The highest BCUT2D eigenvalue weighted by Crippen LogP contribution is 2.25. The molecule has 0 spiro atoms. The molecule has 0 radical (unpaired) electrons. The summed E-state index contributed by atoms with van der Waals surface area (Å²) in [6.45, 7) is 1.77. The zero-order chi connectivity index (χ0) is 24.1. The number of fused-ring (bicyclic) bond motifs is 1. The first-order valence-electron chi connectivity index (χ1n) is 11.4. The molecular weight excluding hydrogens is 437 g/mol. The van der Waals surface area contributed by atoms with Gasteiger partial charge in [0.15, 0.2) is 0 Å². The number of hydrogen-bond acceptors (Lipinski definition) is 5. The van der Waals surface area contributed by atoms with E-state index in [-0.39, 0.29) is 18.4 Å². The standard InChI is InChI=1S/C25H28FN5O3/c1-16(27-25(33)19-8-10-21(26)11-9-19)23-15-31(30-28-23)22(14-24(32)29-34)13-17-6-7-18-4-2-3-5-20(18)12-17/h6-12,15-16,22,34H,2-5,13-14H2,1H3,(H,27,33)(H,29,32). The molecule has 4 rings (SSSR count). The molecule has 0 saturated heterocycles. The van der Waals surface area contributed by atoms with Gasteiger partial charge in [0, 0.05) is 5.56 Å². The van der Waals surface area contributed by atoms with Crippen molar-refractivity contribution in [3.8, 4) is 0 Å². The molecule has 0 bridgehead atoms. The van der Waals surface area contributed by atoms with E-state index < -0.39 is 17.8 Å². The predicted molar refractivity (Wildman–Crippen MR) is 123 cm³/mol. The smallest absolute Gasteiger partial charge is 0.251 e. The highest BCUT2D eigenvalue weighted by molar-refractivity contribution is 5.94. The van der Waals surface area contributed by atoms with Gasteiger partial charge in [0.2, 0.25) is 5.91 Å². The fraction of sp³-hybridized carbons (Fsp3) is 0.360. The van der Waals surface area contributed by atoms with Crippen molar-refractivity contribution in [2.45, 2.75) is 57.5 Å². The number of rotatable bonds is 8. The first-order chi connectivity index (χ1) is 16.4. The molecular formula is C25H28FN5O3. The van der Waals surface area contributed by atoms with Gasteiger partial charge in [-0.05, 0) is 80.0 Å². The van der Waals surface area contributed by atoms with Crippen LogP contribution in [0.2, 0.25) is 0 Å². The number of amides is 2. The lowest BCUT2D eigenvalue weighted by molar-refractivity contribution is -0.130. The fourth-order valence-corrected chi connectivity index (χ4v) is 4.33. The molecule has 2 amide bonds. The zero-order valence-corrected chi connectivity index (χ0v) is 19.0. The third-order valence-corrected chi connectivity index (χ3v) is 6.23. The van der Waals surface area contributed by atoms with Crippen molar-refractivity contribution in [3.63, 3.8) is 0 Å². The summed E-state index contributed by atoms with van der Waals surface area (Å²) < 4.78 is 14.7. The second-order valence-electron chi connectivity index (χ2n) is 8.73. The van der Waals surface area contributed by atoms with Gasteiger partial charge in [-0.25, -0.2) is 14.6 Å². The van der Waals surface area contributed by atoms with Crippen molar-refractivity contribution < 1.29 is 19.2 Å². The molecule has 0 aliphatic heterocycles. The Kier molecular flexibility index (Phi) is 7.32. The maximum Gasteiger partial charge on any atom is 0.251 e. The molecule has 1 aliphatic carbocycles. The zero-order valence-electron chi connectivity index (χ0n) is 19.0. The minimum absolute atomic E-state index is 0.0205. The summed E-state index contributed by atoms with van der Waals surface area (Å²) in [7, 11) is 0. The summed E-state index contributed by atoms with van der Waals surface area (Å²) in [5, 5.41) is 20.3. The van der Waals surface area contributed by atoms with Crippen LogP contribution in [0.1, 0.15) is 71.0 Å². The van der Waals surface area contributed by atoms with Crippen LogP contribution in [0.3, 0.4) is 0 Å². The maximum atomic E-state index is 13.1. The highest BCUT2D eigenvalue weighted by Gasteiger charge is 2.21.